The summed E-state index contributed by atoms with van der Waals surface area (Å²) in [6.45, 7) is 5.79. The summed E-state index contributed by atoms with van der Waals surface area (Å²) in [4.78, 5) is 5.09. The van der Waals surface area contributed by atoms with Crippen molar-refractivity contribution in [2.24, 2.45) is 0 Å². The number of para-hydroxylation sites is 1. The first kappa shape index (κ1) is 28.8. The number of unbranched alkanes of at least 4 members (excludes halogenated alkanes) is 17. The van der Waals surface area contributed by atoms with E-state index in [1.165, 1.54) is 141 Å². The fraction of sp³-hybridized carbons (Fsp3) is 0.750. The van der Waals surface area contributed by atoms with Crippen LogP contribution < -0.4 is 4.90 Å². The maximum Gasteiger partial charge on any atom is 0.105 e. The average molecular weight is 469 g/mol. The normalized spacial score (nSPS) is 15.5. The van der Waals surface area contributed by atoms with E-state index in [-0.39, 0.29) is 0 Å². The molecule has 0 amide bonds. The van der Waals surface area contributed by atoms with Crippen LogP contribution in [0, 0.1) is 0 Å². The topological polar surface area (TPSA) is 6.48 Å². The van der Waals surface area contributed by atoms with Crippen LogP contribution in [0.2, 0.25) is 0 Å². The third-order valence-corrected chi connectivity index (χ3v) is 7.51. The second-order valence-electron chi connectivity index (χ2n) is 10.6. The Morgan fingerprint density at radius 1 is 0.529 bits per heavy atom. The first-order chi connectivity index (χ1) is 16.9. The van der Waals surface area contributed by atoms with E-state index in [4.69, 9.17) is 0 Å². The highest BCUT2D eigenvalue weighted by Crippen LogP contribution is 2.28. The predicted molar refractivity (Wildman–Crippen MR) is 152 cm³/mol. The van der Waals surface area contributed by atoms with E-state index in [1.54, 1.807) is 0 Å². The molecule has 0 saturated heterocycles. The maximum absolute atomic E-state index is 2.59. The molecule has 0 aromatic heterocycles. The number of nitrogens with zero attached hydrogens (tertiary/aromatic N) is 2. The van der Waals surface area contributed by atoms with Gasteiger partial charge in [-0.2, -0.15) is 0 Å². The fourth-order valence-corrected chi connectivity index (χ4v) is 5.32. The first-order valence-corrected chi connectivity index (χ1v) is 15.1. The molecule has 1 aromatic rings. The highest BCUT2D eigenvalue weighted by Gasteiger charge is 2.26. The zero-order valence-corrected chi connectivity index (χ0v) is 22.9. The van der Waals surface area contributed by atoms with E-state index in [2.05, 4.69) is 66.4 Å². The fourth-order valence-electron chi connectivity index (χ4n) is 5.32. The van der Waals surface area contributed by atoms with Crippen molar-refractivity contribution in [3.63, 3.8) is 0 Å². The lowest BCUT2D eigenvalue weighted by Crippen LogP contribution is -2.39. The zero-order valence-electron chi connectivity index (χ0n) is 22.9. The van der Waals surface area contributed by atoms with Gasteiger partial charge in [-0.25, -0.2) is 0 Å². The van der Waals surface area contributed by atoms with Crippen LogP contribution in [-0.4, -0.2) is 17.6 Å². The van der Waals surface area contributed by atoms with Gasteiger partial charge in [0.2, 0.25) is 0 Å². The van der Waals surface area contributed by atoms with Gasteiger partial charge in [-0.1, -0.05) is 141 Å². The van der Waals surface area contributed by atoms with Gasteiger partial charge in [0.25, 0.3) is 0 Å². The van der Waals surface area contributed by atoms with Crippen LogP contribution in [-0.2, 0) is 0 Å². The van der Waals surface area contributed by atoms with Crippen LogP contribution in [0.25, 0.3) is 0 Å². The molecule has 2 rings (SSSR count). The Balaban J connectivity index is 1.50. The Morgan fingerprint density at radius 3 is 1.53 bits per heavy atom. The molecule has 0 aliphatic carbocycles. The van der Waals surface area contributed by atoms with Gasteiger partial charge in [-0.15, -0.1) is 0 Å². The van der Waals surface area contributed by atoms with Crippen molar-refractivity contribution in [2.75, 3.05) is 11.4 Å². The monoisotopic (exact) mass is 468 g/mol. The van der Waals surface area contributed by atoms with E-state index in [0.29, 0.717) is 6.17 Å². The Bertz CT molecular complexity index is 596. The van der Waals surface area contributed by atoms with E-state index >= 15 is 0 Å². The average Bonchev–Trinajstić information content (AvgIpc) is 3.27. The van der Waals surface area contributed by atoms with Crippen LogP contribution in [0.5, 0.6) is 0 Å². The molecule has 1 aliphatic heterocycles. The van der Waals surface area contributed by atoms with E-state index in [9.17, 15) is 0 Å². The highest BCUT2D eigenvalue weighted by atomic mass is 15.4. The Labute approximate surface area is 213 Å². The minimum atomic E-state index is 0.505. The molecule has 34 heavy (non-hydrogen) atoms. The molecule has 1 heterocycles. The van der Waals surface area contributed by atoms with Crippen molar-refractivity contribution in [1.82, 2.24) is 4.90 Å². The molecule has 2 heteroatoms. The van der Waals surface area contributed by atoms with Gasteiger partial charge in [0.15, 0.2) is 0 Å². The number of hydrogen-bond donors (Lipinski definition) is 0. The van der Waals surface area contributed by atoms with Gasteiger partial charge in [0.1, 0.15) is 6.17 Å². The molecule has 1 aromatic carbocycles. The van der Waals surface area contributed by atoms with Crippen molar-refractivity contribution in [3.8, 4) is 0 Å². The first-order valence-electron chi connectivity index (χ1n) is 15.1. The number of hydrogen-bond acceptors (Lipinski definition) is 2. The highest BCUT2D eigenvalue weighted by molar-refractivity contribution is 5.51. The minimum Gasteiger partial charge on any atom is -0.356 e. The molecule has 194 valence electrons. The zero-order chi connectivity index (χ0) is 24.1. The van der Waals surface area contributed by atoms with Crippen LogP contribution >= 0.6 is 0 Å². The van der Waals surface area contributed by atoms with Crippen molar-refractivity contribution in [3.05, 3.63) is 42.7 Å². The minimum absolute atomic E-state index is 0.505. The molecule has 0 saturated carbocycles. The molecule has 0 bridgehead atoms. The second-order valence-corrected chi connectivity index (χ2v) is 10.6. The van der Waals surface area contributed by atoms with Crippen molar-refractivity contribution < 1.29 is 0 Å². The summed E-state index contributed by atoms with van der Waals surface area (Å²) in [5.41, 5.74) is 1.33. The van der Waals surface area contributed by atoms with Crippen LogP contribution in [0.1, 0.15) is 142 Å². The Morgan fingerprint density at radius 2 is 1.00 bits per heavy atom. The lowest BCUT2D eigenvalue weighted by Gasteiger charge is -2.33. The third-order valence-electron chi connectivity index (χ3n) is 7.51. The predicted octanol–water partition coefficient (Wildman–Crippen LogP) is 10.4. The molecule has 1 aliphatic rings. The van der Waals surface area contributed by atoms with Crippen molar-refractivity contribution in [1.29, 1.82) is 0 Å². The molecular weight excluding hydrogens is 412 g/mol. The van der Waals surface area contributed by atoms with Crippen LogP contribution in [0.15, 0.2) is 42.7 Å². The number of rotatable bonds is 22. The number of benzene rings is 1. The van der Waals surface area contributed by atoms with E-state index < -0.39 is 0 Å². The molecule has 2 nitrogen and oxygen atoms in total. The summed E-state index contributed by atoms with van der Waals surface area (Å²) in [6.07, 6.45) is 33.3. The molecular formula is C32H56N2. The summed E-state index contributed by atoms with van der Waals surface area (Å²) in [5, 5.41) is 0. The molecule has 1 unspecified atom stereocenters. The summed E-state index contributed by atoms with van der Waals surface area (Å²) in [5.74, 6) is 0. The Hall–Kier alpha value is -1.44. The van der Waals surface area contributed by atoms with Gasteiger partial charge in [-0.3, -0.25) is 0 Å². The summed E-state index contributed by atoms with van der Waals surface area (Å²) >= 11 is 0. The number of anilines is 1. The standard InChI is InChI=1S/C32H56N2/c1-3-5-7-8-9-10-11-12-13-14-15-16-17-18-19-23-27-32-33(28-24-6-4-2)29-30-34(32)31-25-21-20-22-26-31/h20-22,25-26,29-30,32H,3-19,23-24,27-28H2,1-2H3. The molecule has 1 atom stereocenters. The lowest BCUT2D eigenvalue weighted by atomic mass is 10.0. The lowest BCUT2D eigenvalue weighted by molar-refractivity contribution is 0.274. The SMILES string of the molecule is CCCCCCCCCCCCCCCCCCC1N(CCCCC)C=CN1c1ccccc1. The largest absolute Gasteiger partial charge is 0.356 e. The quantitative estimate of drug-likeness (QED) is 0.156. The molecule has 0 fully saturated rings. The van der Waals surface area contributed by atoms with E-state index in [1.807, 2.05) is 0 Å². The molecule has 0 N–H and O–H groups in total. The van der Waals surface area contributed by atoms with Gasteiger partial charge in [0, 0.05) is 24.6 Å². The summed E-state index contributed by atoms with van der Waals surface area (Å²) in [7, 11) is 0. The van der Waals surface area contributed by atoms with Crippen molar-refractivity contribution >= 4 is 5.69 Å². The van der Waals surface area contributed by atoms with E-state index in [0.717, 1.165) is 0 Å². The van der Waals surface area contributed by atoms with Crippen molar-refractivity contribution in [2.45, 2.75) is 148 Å². The molecule has 0 radical (unpaired) electrons. The Kier molecular flexibility index (Phi) is 16.8. The van der Waals surface area contributed by atoms with Gasteiger partial charge < -0.3 is 9.80 Å². The maximum atomic E-state index is 2.59. The van der Waals surface area contributed by atoms with Gasteiger partial charge >= 0.3 is 0 Å². The molecule has 0 spiro atoms. The smallest absolute Gasteiger partial charge is 0.105 e. The van der Waals surface area contributed by atoms with Gasteiger partial charge in [-0.05, 0) is 31.4 Å². The summed E-state index contributed by atoms with van der Waals surface area (Å²) < 4.78 is 0. The summed E-state index contributed by atoms with van der Waals surface area (Å²) in [6, 6.07) is 10.9. The van der Waals surface area contributed by atoms with Gasteiger partial charge in [0.05, 0.1) is 0 Å². The second kappa shape index (κ2) is 19.8. The van der Waals surface area contributed by atoms with Crippen LogP contribution in [0.4, 0.5) is 5.69 Å². The third kappa shape index (κ3) is 12.3. The van der Waals surface area contributed by atoms with Crippen LogP contribution in [0.3, 0.4) is 0 Å².